The summed E-state index contributed by atoms with van der Waals surface area (Å²) in [6.45, 7) is 0. The van der Waals surface area contributed by atoms with Crippen LogP contribution in [-0.2, 0) is 0 Å². The van der Waals surface area contributed by atoms with Crippen molar-refractivity contribution in [3.63, 3.8) is 0 Å². The molecule has 1 aliphatic carbocycles. The molecule has 2 heterocycles. The Labute approximate surface area is 138 Å². The van der Waals surface area contributed by atoms with Crippen LogP contribution in [0.3, 0.4) is 0 Å². The predicted molar refractivity (Wildman–Crippen MR) is 84.6 cm³/mol. The molecule has 4 rings (SSSR count). The summed E-state index contributed by atoms with van der Waals surface area (Å²) in [6, 6.07) is 8.72. The van der Waals surface area contributed by atoms with Crippen LogP contribution in [0.5, 0.6) is 0 Å². The van der Waals surface area contributed by atoms with Gasteiger partial charge >= 0.3 is 0 Å². The van der Waals surface area contributed by atoms with Crippen molar-refractivity contribution in [1.82, 2.24) is 9.38 Å². The number of nitrogens with zero attached hydrogens (tertiary/aromatic N) is 2. The molecule has 0 radical (unpaired) electrons. The van der Waals surface area contributed by atoms with Crippen molar-refractivity contribution in [3.05, 3.63) is 68.8 Å². The summed E-state index contributed by atoms with van der Waals surface area (Å²) in [7, 11) is 0. The summed E-state index contributed by atoms with van der Waals surface area (Å²) in [5, 5.41) is 0.601. The Hall–Kier alpha value is -1.46. The molecule has 112 valence electrons. The van der Waals surface area contributed by atoms with E-state index in [1.165, 1.54) is 6.07 Å². The predicted octanol–water partition coefficient (Wildman–Crippen LogP) is 5.44. The Morgan fingerprint density at radius 2 is 2.09 bits per heavy atom. The molecule has 3 aromatic rings. The molecule has 0 N–H and O–H groups in total. The monoisotopic (exact) mass is 382 g/mol. The highest BCUT2D eigenvalue weighted by atomic mass is 79.9. The van der Waals surface area contributed by atoms with E-state index in [1.807, 2.05) is 18.2 Å². The van der Waals surface area contributed by atoms with E-state index in [9.17, 15) is 8.78 Å². The first-order valence-corrected chi connectivity index (χ1v) is 7.98. The minimum atomic E-state index is -1.17. The van der Waals surface area contributed by atoms with Gasteiger partial charge in [-0.25, -0.2) is 13.8 Å². The number of halogens is 4. The SMILES string of the molecule is Fc1cc2nc3c(n2cc1Br)[C@H](c1ccccc1Cl)C[C@@H]3F. The van der Waals surface area contributed by atoms with E-state index in [-0.39, 0.29) is 5.92 Å². The zero-order valence-corrected chi connectivity index (χ0v) is 13.6. The molecular weight excluding hydrogens is 374 g/mol. The molecule has 22 heavy (non-hydrogen) atoms. The quantitative estimate of drug-likeness (QED) is 0.547. The van der Waals surface area contributed by atoms with E-state index >= 15 is 0 Å². The van der Waals surface area contributed by atoms with E-state index in [0.29, 0.717) is 27.3 Å². The summed E-state index contributed by atoms with van der Waals surface area (Å²) in [6.07, 6.45) is 0.732. The van der Waals surface area contributed by atoms with E-state index in [2.05, 4.69) is 20.9 Å². The van der Waals surface area contributed by atoms with Crippen molar-refractivity contribution < 1.29 is 8.78 Å². The van der Waals surface area contributed by atoms with Crippen molar-refractivity contribution >= 4 is 33.2 Å². The first-order chi connectivity index (χ1) is 10.6. The van der Waals surface area contributed by atoms with Gasteiger partial charge in [0.05, 0.1) is 15.9 Å². The molecular formula is C16H10BrClF2N2. The molecule has 0 saturated carbocycles. The van der Waals surface area contributed by atoms with Gasteiger partial charge in [0.2, 0.25) is 0 Å². The lowest BCUT2D eigenvalue weighted by atomic mass is 9.96. The van der Waals surface area contributed by atoms with Gasteiger partial charge in [0, 0.05) is 23.2 Å². The number of pyridine rings is 1. The van der Waals surface area contributed by atoms with Crippen LogP contribution in [0.1, 0.15) is 35.5 Å². The zero-order valence-electron chi connectivity index (χ0n) is 11.2. The molecule has 2 aromatic heterocycles. The van der Waals surface area contributed by atoms with Crippen LogP contribution in [0.15, 0.2) is 41.0 Å². The fourth-order valence-corrected chi connectivity index (χ4v) is 3.70. The van der Waals surface area contributed by atoms with Gasteiger partial charge in [-0.2, -0.15) is 0 Å². The summed E-state index contributed by atoms with van der Waals surface area (Å²) in [4.78, 5) is 4.27. The molecule has 2 atom stereocenters. The molecule has 0 amide bonds. The van der Waals surface area contributed by atoms with Crippen LogP contribution in [0.2, 0.25) is 5.02 Å². The third-order valence-corrected chi connectivity index (χ3v) is 5.01. The second kappa shape index (κ2) is 5.03. The van der Waals surface area contributed by atoms with Crippen LogP contribution in [0, 0.1) is 5.82 Å². The first-order valence-electron chi connectivity index (χ1n) is 6.81. The standard InChI is InChI=1S/C16H10BrClF2N2/c17-10-7-22-14(6-12(10)19)21-15-13(20)5-9(16(15)22)8-3-1-2-4-11(8)18/h1-4,6-7,9,13H,5H2/t9-,13-/m0/s1. The van der Waals surface area contributed by atoms with Crippen LogP contribution >= 0.6 is 27.5 Å². The lowest BCUT2D eigenvalue weighted by Gasteiger charge is -2.14. The van der Waals surface area contributed by atoms with Gasteiger partial charge in [-0.1, -0.05) is 29.8 Å². The van der Waals surface area contributed by atoms with E-state index in [1.54, 1.807) is 16.7 Å². The van der Waals surface area contributed by atoms with Gasteiger partial charge < -0.3 is 4.40 Å². The van der Waals surface area contributed by atoms with Crippen molar-refractivity contribution in [3.8, 4) is 0 Å². The van der Waals surface area contributed by atoms with Crippen molar-refractivity contribution in [1.29, 1.82) is 0 Å². The smallest absolute Gasteiger partial charge is 0.145 e. The summed E-state index contributed by atoms with van der Waals surface area (Å²) in [5.74, 6) is -0.605. The molecule has 0 aliphatic heterocycles. The third-order valence-electron chi connectivity index (χ3n) is 4.08. The van der Waals surface area contributed by atoms with Gasteiger partial charge in [-0.05, 0) is 34.0 Å². The summed E-state index contributed by atoms with van der Waals surface area (Å²) >= 11 is 9.44. The zero-order chi connectivity index (χ0) is 15.4. The molecule has 0 bridgehead atoms. The third kappa shape index (κ3) is 1.99. The maximum absolute atomic E-state index is 14.4. The molecule has 2 nitrogen and oxygen atoms in total. The highest BCUT2D eigenvalue weighted by Crippen LogP contribution is 2.47. The molecule has 0 unspecified atom stereocenters. The maximum atomic E-state index is 14.4. The Morgan fingerprint density at radius 1 is 1.32 bits per heavy atom. The topological polar surface area (TPSA) is 17.3 Å². The van der Waals surface area contributed by atoms with Crippen LogP contribution in [0.25, 0.3) is 5.65 Å². The molecule has 1 aromatic carbocycles. The van der Waals surface area contributed by atoms with Gasteiger partial charge in [0.25, 0.3) is 0 Å². The fourth-order valence-electron chi connectivity index (χ4n) is 3.12. The number of hydrogen-bond donors (Lipinski definition) is 0. The lowest BCUT2D eigenvalue weighted by Crippen LogP contribution is -2.02. The highest BCUT2D eigenvalue weighted by molar-refractivity contribution is 9.10. The van der Waals surface area contributed by atoms with Crippen LogP contribution in [-0.4, -0.2) is 9.38 Å². The molecule has 0 fully saturated rings. The van der Waals surface area contributed by atoms with Gasteiger partial charge in [-0.3, -0.25) is 0 Å². The van der Waals surface area contributed by atoms with Crippen molar-refractivity contribution in [2.45, 2.75) is 18.5 Å². The van der Waals surface area contributed by atoms with E-state index < -0.39 is 12.0 Å². The summed E-state index contributed by atoms with van der Waals surface area (Å²) < 4.78 is 30.1. The second-order valence-electron chi connectivity index (χ2n) is 5.36. The Balaban J connectivity index is 1.98. The van der Waals surface area contributed by atoms with Crippen molar-refractivity contribution in [2.24, 2.45) is 0 Å². The molecule has 6 heteroatoms. The number of aromatic nitrogens is 2. The number of fused-ring (bicyclic) bond motifs is 3. The average Bonchev–Trinajstić information content (AvgIpc) is 2.99. The molecule has 0 saturated heterocycles. The maximum Gasteiger partial charge on any atom is 0.145 e. The normalized spacial score (nSPS) is 20.5. The number of alkyl halides is 1. The van der Waals surface area contributed by atoms with Gasteiger partial charge in [-0.15, -0.1) is 0 Å². The first kappa shape index (κ1) is 14.2. The Bertz CT molecular complexity index is 893. The van der Waals surface area contributed by atoms with E-state index in [0.717, 1.165) is 11.3 Å². The minimum absolute atomic E-state index is 0.189. The molecule has 0 spiro atoms. The fraction of sp³-hybridized carbons (Fsp3) is 0.188. The average molecular weight is 384 g/mol. The van der Waals surface area contributed by atoms with E-state index in [4.69, 9.17) is 11.6 Å². The number of imidazole rings is 1. The number of benzene rings is 1. The number of rotatable bonds is 1. The van der Waals surface area contributed by atoms with Gasteiger partial charge in [0.1, 0.15) is 17.6 Å². The van der Waals surface area contributed by atoms with Crippen molar-refractivity contribution in [2.75, 3.05) is 0 Å². The van der Waals surface area contributed by atoms with Gasteiger partial charge in [0.15, 0.2) is 0 Å². The second-order valence-corrected chi connectivity index (χ2v) is 6.62. The Kier molecular flexibility index (Phi) is 3.24. The highest BCUT2D eigenvalue weighted by Gasteiger charge is 2.37. The van der Waals surface area contributed by atoms with Crippen LogP contribution < -0.4 is 0 Å². The van der Waals surface area contributed by atoms with Crippen LogP contribution in [0.4, 0.5) is 8.78 Å². The minimum Gasteiger partial charge on any atom is -0.302 e. The number of hydrogen-bond acceptors (Lipinski definition) is 1. The Morgan fingerprint density at radius 3 is 2.86 bits per heavy atom. The largest absolute Gasteiger partial charge is 0.302 e. The summed E-state index contributed by atoms with van der Waals surface area (Å²) in [5.41, 5.74) is 2.40. The molecule has 1 aliphatic rings. The lowest BCUT2D eigenvalue weighted by molar-refractivity contribution is 0.330.